The van der Waals surface area contributed by atoms with E-state index in [0.29, 0.717) is 0 Å². The Balaban J connectivity index is 1.32. The van der Waals surface area contributed by atoms with E-state index in [1.807, 2.05) is 0 Å². The Morgan fingerprint density at radius 2 is 0.759 bits per heavy atom. The second-order valence-electron chi connectivity index (χ2n) is 9.24. The molecule has 2 aliphatic heterocycles. The average molecular weight is 410 g/mol. The molecule has 1 N–H and O–H groups in total. The van der Waals surface area contributed by atoms with Crippen molar-refractivity contribution in [2.45, 2.75) is 65.2 Å². The molecule has 2 fully saturated rings. The summed E-state index contributed by atoms with van der Waals surface area (Å²) in [6.07, 6.45) is 10.7. The van der Waals surface area contributed by atoms with Crippen LogP contribution in [0, 0.1) is 0 Å². The van der Waals surface area contributed by atoms with Gasteiger partial charge in [0.2, 0.25) is 0 Å². The summed E-state index contributed by atoms with van der Waals surface area (Å²) in [6.45, 7) is 22.5. The summed E-state index contributed by atoms with van der Waals surface area (Å²) in [5.41, 5.74) is 0. The zero-order chi connectivity index (χ0) is 20.6. The topological polar surface area (TPSA) is 25.0 Å². The average Bonchev–Trinajstić information content (AvgIpc) is 2.76. The second-order valence-corrected chi connectivity index (χ2v) is 9.24. The van der Waals surface area contributed by atoms with Crippen LogP contribution >= 0.6 is 0 Å². The third kappa shape index (κ3) is 11.7. The minimum atomic E-state index is 1.20. The molecule has 0 bridgehead atoms. The molecule has 0 aromatic rings. The molecule has 0 spiro atoms. The summed E-state index contributed by atoms with van der Waals surface area (Å²) in [4.78, 5) is 10.6. The lowest BCUT2D eigenvalue weighted by Gasteiger charge is -2.34. The quantitative estimate of drug-likeness (QED) is 0.395. The molecule has 0 atom stereocenters. The van der Waals surface area contributed by atoms with Gasteiger partial charge in [0.1, 0.15) is 0 Å². The molecule has 2 saturated heterocycles. The van der Waals surface area contributed by atoms with Crippen LogP contribution in [0.3, 0.4) is 0 Å². The van der Waals surface area contributed by atoms with Crippen LogP contribution in [0.15, 0.2) is 0 Å². The number of hydrogen-bond acceptors (Lipinski definition) is 5. The van der Waals surface area contributed by atoms with Gasteiger partial charge in [-0.05, 0) is 77.8 Å². The van der Waals surface area contributed by atoms with Crippen molar-refractivity contribution in [2.24, 2.45) is 0 Å². The summed E-state index contributed by atoms with van der Waals surface area (Å²) in [6, 6.07) is 0. The van der Waals surface area contributed by atoms with E-state index in [1.165, 1.54) is 143 Å². The zero-order valence-corrected chi connectivity index (χ0v) is 19.8. The number of nitrogens with one attached hydrogen (secondary N) is 1. The fraction of sp³-hybridized carbons (Fsp3) is 1.00. The lowest BCUT2D eigenvalue weighted by Crippen LogP contribution is -2.46. The molecular formula is C24H51N5. The molecule has 0 amide bonds. The van der Waals surface area contributed by atoms with E-state index in [4.69, 9.17) is 0 Å². The molecule has 172 valence electrons. The monoisotopic (exact) mass is 409 g/mol. The van der Waals surface area contributed by atoms with Crippen molar-refractivity contribution in [3.8, 4) is 0 Å². The summed E-state index contributed by atoms with van der Waals surface area (Å²) in [7, 11) is 0. The second kappa shape index (κ2) is 16.5. The third-order valence-corrected chi connectivity index (χ3v) is 6.74. The molecule has 5 nitrogen and oxygen atoms in total. The van der Waals surface area contributed by atoms with Gasteiger partial charge in [-0.3, -0.25) is 0 Å². The number of hydrogen-bond donors (Lipinski definition) is 1. The Bertz CT molecular complexity index is 328. The Hall–Kier alpha value is -0.200. The molecule has 0 aromatic heterocycles. The fourth-order valence-corrected chi connectivity index (χ4v) is 4.53. The van der Waals surface area contributed by atoms with Gasteiger partial charge in [0.15, 0.2) is 0 Å². The summed E-state index contributed by atoms with van der Waals surface area (Å²) in [5, 5.41) is 3.67. The maximum atomic E-state index is 3.67. The predicted molar refractivity (Wildman–Crippen MR) is 127 cm³/mol. The molecule has 2 rings (SSSR count). The van der Waals surface area contributed by atoms with Crippen molar-refractivity contribution in [1.82, 2.24) is 24.9 Å². The molecule has 0 unspecified atom stereocenters. The van der Waals surface area contributed by atoms with Gasteiger partial charge in [-0.25, -0.2) is 0 Å². The normalized spacial score (nSPS) is 20.5. The maximum absolute atomic E-state index is 3.67. The Kier molecular flexibility index (Phi) is 14.2. The van der Waals surface area contributed by atoms with E-state index in [9.17, 15) is 0 Å². The van der Waals surface area contributed by atoms with Crippen LogP contribution in [-0.2, 0) is 0 Å². The van der Waals surface area contributed by atoms with Gasteiger partial charge in [-0.15, -0.1) is 0 Å². The third-order valence-electron chi connectivity index (χ3n) is 6.74. The van der Waals surface area contributed by atoms with Crippen LogP contribution in [0.4, 0.5) is 0 Å². The van der Waals surface area contributed by atoms with Crippen LogP contribution in [-0.4, -0.2) is 111 Å². The zero-order valence-electron chi connectivity index (χ0n) is 19.8. The molecule has 0 aromatic carbocycles. The van der Waals surface area contributed by atoms with Crippen LogP contribution in [0.1, 0.15) is 65.2 Å². The highest BCUT2D eigenvalue weighted by atomic mass is 15.3. The van der Waals surface area contributed by atoms with Gasteiger partial charge in [0.25, 0.3) is 0 Å². The van der Waals surface area contributed by atoms with Crippen molar-refractivity contribution >= 4 is 0 Å². The van der Waals surface area contributed by atoms with E-state index < -0.39 is 0 Å². The van der Waals surface area contributed by atoms with Gasteiger partial charge in [-0.1, -0.05) is 26.7 Å². The first-order valence-corrected chi connectivity index (χ1v) is 12.9. The van der Waals surface area contributed by atoms with Crippen molar-refractivity contribution in [3.05, 3.63) is 0 Å². The fourth-order valence-electron chi connectivity index (χ4n) is 4.53. The molecule has 29 heavy (non-hydrogen) atoms. The standard InChI is InChI=1S/C24H51N5/c1-3-5-13-26-17-21-28(22-18-26)15-9-7-11-25-12-8-10-16-29-23-19-27(20-24-29)14-6-4-2/h25H,3-24H2,1-2H3. The van der Waals surface area contributed by atoms with E-state index in [1.54, 1.807) is 0 Å². The molecule has 2 heterocycles. The van der Waals surface area contributed by atoms with Gasteiger partial charge < -0.3 is 24.9 Å². The lowest BCUT2D eigenvalue weighted by atomic mass is 10.2. The van der Waals surface area contributed by atoms with E-state index in [2.05, 4.69) is 38.8 Å². The molecular weight excluding hydrogens is 358 g/mol. The van der Waals surface area contributed by atoms with E-state index in [0.717, 1.165) is 0 Å². The van der Waals surface area contributed by atoms with Crippen molar-refractivity contribution in [2.75, 3.05) is 91.6 Å². The largest absolute Gasteiger partial charge is 0.317 e. The SMILES string of the molecule is CCCCN1CCN(CCCCNCCCCN2CCN(CCCC)CC2)CC1. The number of unbranched alkanes of at least 4 members (excludes halogenated alkanes) is 4. The van der Waals surface area contributed by atoms with Crippen LogP contribution < -0.4 is 5.32 Å². The predicted octanol–water partition coefficient (Wildman–Crippen LogP) is 2.97. The van der Waals surface area contributed by atoms with Crippen molar-refractivity contribution in [3.63, 3.8) is 0 Å². The van der Waals surface area contributed by atoms with Gasteiger partial charge in [0, 0.05) is 52.4 Å². The van der Waals surface area contributed by atoms with Crippen molar-refractivity contribution < 1.29 is 0 Å². The number of piperazine rings is 2. The van der Waals surface area contributed by atoms with E-state index in [-0.39, 0.29) is 0 Å². The van der Waals surface area contributed by atoms with Gasteiger partial charge >= 0.3 is 0 Å². The highest BCUT2D eigenvalue weighted by molar-refractivity contribution is 4.73. The summed E-state index contributed by atoms with van der Waals surface area (Å²) >= 11 is 0. The first-order valence-electron chi connectivity index (χ1n) is 12.9. The lowest BCUT2D eigenvalue weighted by molar-refractivity contribution is 0.129. The highest BCUT2D eigenvalue weighted by Crippen LogP contribution is 2.06. The Morgan fingerprint density at radius 1 is 0.448 bits per heavy atom. The Labute approximate surface area is 182 Å². The molecule has 5 heteroatoms. The number of nitrogens with zero attached hydrogens (tertiary/aromatic N) is 4. The minimum absolute atomic E-state index is 1.20. The van der Waals surface area contributed by atoms with Gasteiger partial charge in [0.05, 0.1) is 0 Å². The highest BCUT2D eigenvalue weighted by Gasteiger charge is 2.16. The first kappa shape index (κ1) is 25.1. The maximum Gasteiger partial charge on any atom is 0.0110 e. The summed E-state index contributed by atoms with van der Waals surface area (Å²) in [5.74, 6) is 0. The summed E-state index contributed by atoms with van der Waals surface area (Å²) < 4.78 is 0. The smallest absolute Gasteiger partial charge is 0.0110 e. The molecule has 0 saturated carbocycles. The van der Waals surface area contributed by atoms with E-state index >= 15 is 0 Å². The van der Waals surface area contributed by atoms with Crippen LogP contribution in [0.2, 0.25) is 0 Å². The van der Waals surface area contributed by atoms with Crippen molar-refractivity contribution in [1.29, 1.82) is 0 Å². The Morgan fingerprint density at radius 3 is 1.07 bits per heavy atom. The number of rotatable bonds is 16. The van der Waals surface area contributed by atoms with Crippen LogP contribution in [0.5, 0.6) is 0 Å². The molecule has 0 radical (unpaired) electrons. The first-order chi connectivity index (χ1) is 14.3. The molecule has 0 aliphatic carbocycles. The molecule has 2 aliphatic rings. The van der Waals surface area contributed by atoms with Crippen LogP contribution in [0.25, 0.3) is 0 Å². The minimum Gasteiger partial charge on any atom is -0.317 e. The van der Waals surface area contributed by atoms with Gasteiger partial charge in [-0.2, -0.15) is 0 Å².